The summed E-state index contributed by atoms with van der Waals surface area (Å²) in [6, 6.07) is 12.5. The van der Waals surface area contributed by atoms with E-state index >= 15 is 0 Å². The van der Waals surface area contributed by atoms with Gasteiger partial charge < -0.3 is 14.9 Å². The molecule has 2 aromatic carbocycles. The van der Waals surface area contributed by atoms with Crippen LogP contribution in [0.5, 0.6) is 5.75 Å². The number of nitrogens with zero attached hydrogens (tertiary/aromatic N) is 1. The Morgan fingerprint density at radius 2 is 1.91 bits per heavy atom. The van der Waals surface area contributed by atoms with E-state index in [4.69, 9.17) is 9.84 Å². The molecular formula is C19H25NO3. The van der Waals surface area contributed by atoms with Crippen molar-refractivity contribution in [2.24, 2.45) is 5.92 Å². The molecule has 0 aromatic heterocycles. The maximum absolute atomic E-state index is 9.79. The molecule has 1 unspecified atom stereocenters. The lowest BCUT2D eigenvalue weighted by Crippen LogP contribution is -2.38. The molecule has 1 aliphatic heterocycles. The molecule has 1 aliphatic rings. The van der Waals surface area contributed by atoms with Crippen LogP contribution < -0.4 is 4.74 Å². The molecule has 1 saturated heterocycles. The second-order valence-electron chi connectivity index (χ2n) is 6.33. The van der Waals surface area contributed by atoms with Crippen LogP contribution in [0.1, 0.15) is 18.4 Å². The molecule has 1 fully saturated rings. The van der Waals surface area contributed by atoms with E-state index in [1.165, 1.54) is 16.3 Å². The Kier molecular flexibility index (Phi) is 5.16. The lowest BCUT2D eigenvalue weighted by atomic mass is 9.91. The third-order valence-electron chi connectivity index (χ3n) is 4.96. The maximum atomic E-state index is 9.79. The van der Waals surface area contributed by atoms with Gasteiger partial charge in [0.05, 0.1) is 19.8 Å². The third-order valence-corrected chi connectivity index (χ3v) is 4.96. The largest absolute Gasteiger partial charge is 0.496 e. The molecular weight excluding hydrogens is 290 g/mol. The van der Waals surface area contributed by atoms with Gasteiger partial charge in [0, 0.05) is 12.1 Å². The lowest BCUT2D eigenvalue weighted by Gasteiger charge is -2.34. The van der Waals surface area contributed by atoms with Crippen molar-refractivity contribution in [2.75, 3.05) is 26.8 Å². The Hall–Kier alpha value is -1.62. The zero-order valence-corrected chi connectivity index (χ0v) is 13.6. The molecule has 124 valence electrons. The SMILES string of the molecule is COc1ccc2ccccc2c1CN1CCC(C(O)CO)CC1. The molecule has 23 heavy (non-hydrogen) atoms. The van der Waals surface area contributed by atoms with E-state index in [0.717, 1.165) is 38.2 Å². The highest BCUT2D eigenvalue weighted by atomic mass is 16.5. The second-order valence-corrected chi connectivity index (χ2v) is 6.33. The van der Waals surface area contributed by atoms with E-state index in [0.29, 0.717) is 0 Å². The van der Waals surface area contributed by atoms with Crippen LogP contribution >= 0.6 is 0 Å². The van der Waals surface area contributed by atoms with E-state index in [-0.39, 0.29) is 12.5 Å². The average Bonchev–Trinajstić information content (AvgIpc) is 2.62. The number of hydrogen-bond acceptors (Lipinski definition) is 4. The first-order chi connectivity index (χ1) is 11.2. The maximum Gasteiger partial charge on any atom is 0.123 e. The van der Waals surface area contributed by atoms with Crippen LogP contribution in [0.15, 0.2) is 36.4 Å². The van der Waals surface area contributed by atoms with E-state index in [9.17, 15) is 5.11 Å². The van der Waals surface area contributed by atoms with E-state index in [2.05, 4.69) is 35.2 Å². The highest BCUT2D eigenvalue weighted by Gasteiger charge is 2.25. The number of methoxy groups -OCH3 is 1. The molecule has 3 rings (SSSR count). The van der Waals surface area contributed by atoms with Crippen LogP contribution in [-0.2, 0) is 6.54 Å². The number of likely N-dealkylation sites (tertiary alicyclic amines) is 1. The minimum absolute atomic E-state index is 0.137. The topological polar surface area (TPSA) is 52.9 Å². The fraction of sp³-hybridized carbons (Fsp3) is 0.474. The smallest absolute Gasteiger partial charge is 0.123 e. The van der Waals surface area contributed by atoms with Crippen molar-refractivity contribution < 1.29 is 14.9 Å². The van der Waals surface area contributed by atoms with Gasteiger partial charge in [-0.25, -0.2) is 0 Å². The molecule has 4 nitrogen and oxygen atoms in total. The first kappa shape index (κ1) is 16.2. The summed E-state index contributed by atoms with van der Waals surface area (Å²) in [6.45, 7) is 2.59. The molecule has 2 aromatic rings. The van der Waals surface area contributed by atoms with Gasteiger partial charge in [-0.1, -0.05) is 30.3 Å². The van der Waals surface area contributed by atoms with Gasteiger partial charge in [0.25, 0.3) is 0 Å². The van der Waals surface area contributed by atoms with Crippen molar-refractivity contribution in [1.29, 1.82) is 0 Å². The molecule has 1 heterocycles. The number of piperidine rings is 1. The molecule has 0 bridgehead atoms. The van der Waals surface area contributed by atoms with Crippen LogP contribution in [0, 0.1) is 5.92 Å². The predicted octanol–water partition coefficient (Wildman–Crippen LogP) is 2.41. The summed E-state index contributed by atoms with van der Waals surface area (Å²) in [5.41, 5.74) is 1.23. The second kappa shape index (κ2) is 7.30. The monoisotopic (exact) mass is 315 g/mol. The molecule has 1 atom stereocenters. The van der Waals surface area contributed by atoms with Crippen molar-refractivity contribution in [2.45, 2.75) is 25.5 Å². The number of aliphatic hydroxyl groups is 2. The standard InChI is InChI=1S/C19H25NO3/c1-23-19-7-6-14-4-2-3-5-16(14)17(19)12-20-10-8-15(9-11-20)18(22)13-21/h2-7,15,18,21-22H,8-13H2,1H3. The van der Waals surface area contributed by atoms with Gasteiger partial charge in [0.2, 0.25) is 0 Å². The van der Waals surface area contributed by atoms with Gasteiger partial charge in [-0.05, 0) is 48.7 Å². The van der Waals surface area contributed by atoms with E-state index in [1.807, 2.05) is 6.07 Å². The number of ether oxygens (including phenoxy) is 1. The highest BCUT2D eigenvalue weighted by Crippen LogP contribution is 2.30. The Balaban J connectivity index is 1.77. The first-order valence-corrected chi connectivity index (χ1v) is 8.29. The Labute approximate surface area is 137 Å². The minimum atomic E-state index is -0.579. The average molecular weight is 315 g/mol. The molecule has 0 amide bonds. The van der Waals surface area contributed by atoms with Gasteiger partial charge in [-0.2, -0.15) is 0 Å². The van der Waals surface area contributed by atoms with Crippen molar-refractivity contribution >= 4 is 10.8 Å². The highest BCUT2D eigenvalue weighted by molar-refractivity contribution is 5.87. The summed E-state index contributed by atoms with van der Waals surface area (Å²) >= 11 is 0. The number of benzene rings is 2. The summed E-state index contributed by atoms with van der Waals surface area (Å²) in [5.74, 6) is 1.15. The molecule has 0 spiro atoms. The van der Waals surface area contributed by atoms with Gasteiger partial charge >= 0.3 is 0 Å². The van der Waals surface area contributed by atoms with Crippen molar-refractivity contribution in [3.63, 3.8) is 0 Å². The van der Waals surface area contributed by atoms with Crippen LogP contribution in [0.4, 0.5) is 0 Å². The minimum Gasteiger partial charge on any atom is -0.496 e. The van der Waals surface area contributed by atoms with Crippen molar-refractivity contribution in [3.8, 4) is 5.75 Å². The van der Waals surface area contributed by atoms with Gasteiger partial charge in [-0.15, -0.1) is 0 Å². The first-order valence-electron chi connectivity index (χ1n) is 8.29. The van der Waals surface area contributed by atoms with Crippen LogP contribution in [0.25, 0.3) is 10.8 Å². The number of aliphatic hydroxyl groups excluding tert-OH is 2. The summed E-state index contributed by atoms with van der Waals surface area (Å²) in [4.78, 5) is 2.41. The normalized spacial score (nSPS) is 18.2. The Morgan fingerprint density at radius 3 is 2.61 bits per heavy atom. The van der Waals surface area contributed by atoms with E-state index < -0.39 is 6.10 Å². The molecule has 0 radical (unpaired) electrons. The van der Waals surface area contributed by atoms with Crippen LogP contribution in [0.3, 0.4) is 0 Å². The van der Waals surface area contributed by atoms with Gasteiger partial charge in [-0.3, -0.25) is 4.90 Å². The van der Waals surface area contributed by atoms with Crippen molar-refractivity contribution in [3.05, 3.63) is 42.0 Å². The quantitative estimate of drug-likeness (QED) is 0.890. The number of rotatable bonds is 5. The molecule has 2 N–H and O–H groups in total. The number of hydrogen-bond donors (Lipinski definition) is 2. The third kappa shape index (κ3) is 3.50. The lowest BCUT2D eigenvalue weighted by molar-refractivity contribution is 0.0171. The molecule has 4 heteroatoms. The molecule has 0 aliphatic carbocycles. The zero-order valence-electron chi connectivity index (χ0n) is 13.6. The van der Waals surface area contributed by atoms with Gasteiger partial charge in [0.1, 0.15) is 5.75 Å². The fourth-order valence-electron chi connectivity index (χ4n) is 3.54. The van der Waals surface area contributed by atoms with E-state index in [1.54, 1.807) is 7.11 Å². The molecule has 0 saturated carbocycles. The van der Waals surface area contributed by atoms with Crippen molar-refractivity contribution in [1.82, 2.24) is 4.90 Å². The number of fused-ring (bicyclic) bond motifs is 1. The summed E-state index contributed by atoms with van der Waals surface area (Å²) in [6.07, 6.45) is 1.27. The predicted molar refractivity (Wildman–Crippen MR) is 91.6 cm³/mol. The van der Waals surface area contributed by atoms with Gasteiger partial charge in [0.15, 0.2) is 0 Å². The van der Waals surface area contributed by atoms with Crippen LogP contribution in [0.2, 0.25) is 0 Å². The Bertz CT molecular complexity index is 650. The Morgan fingerprint density at radius 1 is 1.17 bits per heavy atom. The van der Waals surface area contributed by atoms with Crippen LogP contribution in [-0.4, -0.2) is 48.0 Å². The summed E-state index contributed by atoms with van der Waals surface area (Å²) in [7, 11) is 1.72. The zero-order chi connectivity index (χ0) is 16.2. The summed E-state index contributed by atoms with van der Waals surface area (Å²) in [5, 5.41) is 21.4. The fourth-order valence-corrected chi connectivity index (χ4v) is 3.54. The summed E-state index contributed by atoms with van der Waals surface area (Å²) < 4.78 is 5.57.